The van der Waals surface area contributed by atoms with E-state index in [-0.39, 0.29) is 11.3 Å². The molecule has 0 fully saturated rings. The van der Waals surface area contributed by atoms with E-state index in [0.29, 0.717) is 51.4 Å². The molecule has 0 bridgehead atoms. The number of carbonyl (C=O) groups is 1. The predicted octanol–water partition coefficient (Wildman–Crippen LogP) is 4.54. The average molecular weight is 481 g/mol. The van der Waals surface area contributed by atoms with E-state index in [1.54, 1.807) is 43.8 Å². The number of hydrogen-bond donors (Lipinski definition) is 3. The lowest BCUT2D eigenvalue weighted by molar-refractivity contribution is -0.115. The lowest BCUT2D eigenvalue weighted by Gasteiger charge is -2.08. The molecular formula is C25H20FN9O. The number of aromatic nitrogens is 8. The molecule has 0 aliphatic heterocycles. The minimum atomic E-state index is -0.476. The number of aromatic amines is 2. The number of hydrogen-bond acceptors (Lipinski definition) is 6. The van der Waals surface area contributed by atoms with Crippen molar-refractivity contribution < 1.29 is 9.18 Å². The number of benzene rings is 1. The highest BCUT2D eigenvalue weighted by Crippen LogP contribution is 2.34. The van der Waals surface area contributed by atoms with Gasteiger partial charge in [0.15, 0.2) is 11.5 Å². The van der Waals surface area contributed by atoms with Crippen LogP contribution in [0.1, 0.15) is 19.0 Å². The maximum atomic E-state index is 16.0. The lowest BCUT2D eigenvalue weighted by atomic mass is 10.0. The molecule has 11 heteroatoms. The summed E-state index contributed by atoms with van der Waals surface area (Å²) in [5.74, 6) is -0.243. The van der Waals surface area contributed by atoms with Crippen LogP contribution in [0, 0.1) is 12.7 Å². The molecular weight excluding hydrogens is 461 g/mol. The van der Waals surface area contributed by atoms with Crippen molar-refractivity contribution in [2.45, 2.75) is 20.3 Å². The van der Waals surface area contributed by atoms with Gasteiger partial charge in [-0.15, -0.1) is 0 Å². The Morgan fingerprint density at radius 1 is 1.19 bits per heavy atom. The molecule has 5 aromatic heterocycles. The number of rotatable bonds is 5. The first-order valence-corrected chi connectivity index (χ1v) is 11.3. The van der Waals surface area contributed by atoms with E-state index in [1.807, 2.05) is 23.8 Å². The normalized spacial score (nSPS) is 11.4. The van der Waals surface area contributed by atoms with Crippen LogP contribution >= 0.6 is 0 Å². The topological polar surface area (TPSA) is 130 Å². The number of H-pyrrole nitrogens is 2. The van der Waals surface area contributed by atoms with Gasteiger partial charge in [-0.3, -0.25) is 14.9 Å². The van der Waals surface area contributed by atoms with Crippen molar-refractivity contribution in [3.63, 3.8) is 0 Å². The first kappa shape index (κ1) is 21.6. The molecule has 5 heterocycles. The minimum absolute atomic E-state index is 0.147. The van der Waals surface area contributed by atoms with Crippen molar-refractivity contribution in [2.24, 2.45) is 0 Å². The fourth-order valence-electron chi connectivity index (χ4n) is 4.15. The Labute approximate surface area is 203 Å². The first-order chi connectivity index (χ1) is 17.5. The van der Waals surface area contributed by atoms with E-state index in [0.717, 1.165) is 11.4 Å². The summed E-state index contributed by atoms with van der Waals surface area (Å²) in [6, 6.07) is 6.95. The van der Waals surface area contributed by atoms with Gasteiger partial charge in [-0.2, -0.15) is 5.10 Å². The second kappa shape index (κ2) is 8.38. The summed E-state index contributed by atoms with van der Waals surface area (Å²) in [6.07, 6.45) is 8.68. The molecule has 0 saturated heterocycles. The van der Waals surface area contributed by atoms with Gasteiger partial charge in [0.05, 0.1) is 40.5 Å². The zero-order valence-corrected chi connectivity index (χ0v) is 19.4. The Hall–Kier alpha value is -4.93. The molecule has 0 saturated carbocycles. The van der Waals surface area contributed by atoms with Crippen molar-refractivity contribution in [2.75, 3.05) is 5.32 Å². The number of anilines is 1. The predicted molar refractivity (Wildman–Crippen MR) is 133 cm³/mol. The largest absolute Gasteiger partial charge is 0.333 e. The Morgan fingerprint density at radius 3 is 2.89 bits per heavy atom. The Kier molecular flexibility index (Phi) is 5.03. The molecule has 6 aromatic rings. The summed E-state index contributed by atoms with van der Waals surface area (Å²) in [6.45, 7) is 3.67. The van der Waals surface area contributed by atoms with Crippen LogP contribution in [0.4, 0.5) is 10.1 Å². The van der Waals surface area contributed by atoms with Gasteiger partial charge in [0.2, 0.25) is 5.91 Å². The molecule has 0 aliphatic carbocycles. The van der Waals surface area contributed by atoms with Crippen LogP contribution in [0.3, 0.4) is 0 Å². The molecule has 0 radical (unpaired) electrons. The number of imidazole rings is 2. The van der Waals surface area contributed by atoms with E-state index in [1.165, 1.54) is 6.20 Å². The Balaban J connectivity index is 1.47. The first-order valence-electron chi connectivity index (χ1n) is 11.3. The average Bonchev–Trinajstić information content (AvgIpc) is 3.62. The number of fused-ring (bicyclic) bond motifs is 2. The molecule has 6 rings (SSSR count). The minimum Gasteiger partial charge on any atom is -0.333 e. The fourth-order valence-corrected chi connectivity index (χ4v) is 4.15. The quantitative estimate of drug-likeness (QED) is 0.331. The van der Waals surface area contributed by atoms with Crippen LogP contribution in [0.25, 0.3) is 50.4 Å². The molecule has 1 amide bonds. The monoisotopic (exact) mass is 481 g/mol. The number of aryl methyl sites for hydroxylation is 1. The van der Waals surface area contributed by atoms with E-state index < -0.39 is 5.82 Å². The summed E-state index contributed by atoms with van der Waals surface area (Å²) < 4.78 is 17.8. The number of nitrogens with one attached hydrogen (secondary N) is 3. The molecule has 3 N–H and O–H groups in total. The van der Waals surface area contributed by atoms with Crippen LogP contribution in [-0.4, -0.2) is 45.6 Å². The fraction of sp³-hybridized carbons (Fsp3) is 0.120. The third-order valence-corrected chi connectivity index (χ3v) is 5.91. The van der Waals surface area contributed by atoms with E-state index in [2.05, 4.69) is 40.4 Å². The van der Waals surface area contributed by atoms with Crippen LogP contribution in [-0.2, 0) is 4.79 Å². The Bertz CT molecular complexity index is 1760. The van der Waals surface area contributed by atoms with E-state index in [4.69, 9.17) is 0 Å². The second-order valence-electron chi connectivity index (χ2n) is 8.32. The van der Waals surface area contributed by atoms with Gasteiger partial charge in [0.1, 0.15) is 17.0 Å². The van der Waals surface area contributed by atoms with Gasteiger partial charge < -0.3 is 14.9 Å². The highest BCUT2D eigenvalue weighted by molar-refractivity contribution is 5.97. The van der Waals surface area contributed by atoms with Gasteiger partial charge in [0.25, 0.3) is 0 Å². The standard InChI is InChI=1S/C25H20FN9O/c1-3-19(36)30-15-8-14(9-27-10-15)16-4-5-17-20(21(16)26)23(34-33-17)25-31-22-18(6-7-28-24(22)32-25)35-11-13(2)29-12-35/h4-12H,3H2,1-2H3,(H,30,36)(H,33,34)(H,28,31,32). The van der Waals surface area contributed by atoms with Gasteiger partial charge in [0, 0.05) is 36.1 Å². The van der Waals surface area contributed by atoms with Crippen molar-refractivity contribution in [3.05, 3.63) is 66.9 Å². The Morgan fingerprint density at radius 2 is 2.08 bits per heavy atom. The molecule has 1 aromatic carbocycles. The van der Waals surface area contributed by atoms with Gasteiger partial charge in [-0.25, -0.2) is 19.3 Å². The number of nitrogens with zero attached hydrogens (tertiary/aromatic N) is 6. The summed E-state index contributed by atoms with van der Waals surface area (Å²) >= 11 is 0. The highest BCUT2D eigenvalue weighted by atomic mass is 19.1. The molecule has 10 nitrogen and oxygen atoms in total. The zero-order valence-electron chi connectivity index (χ0n) is 19.4. The third kappa shape index (κ3) is 3.57. The van der Waals surface area contributed by atoms with Crippen LogP contribution in [0.15, 0.2) is 55.4 Å². The smallest absolute Gasteiger partial charge is 0.224 e. The summed E-state index contributed by atoms with van der Waals surface area (Å²) in [5, 5.41) is 10.3. The van der Waals surface area contributed by atoms with Crippen LogP contribution in [0.5, 0.6) is 0 Å². The number of carbonyl (C=O) groups excluding carboxylic acids is 1. The second-order valence-corrected chi connectivity index (χ2v) is 8.32. The summed E-state index contributed by atoms with van der Waals surface area (Å²) in [5.41, 5.74) is 5.06. The molecule has 36 heavy (non-hydrogen) atoms. The maximum absolute atomic E-state index is 16.0. The van der Waals surface area contributed by atoms with Gasteiger partial charge in [-0.1, -0.05) is 6.92 Å². The summed E-state index contributed by atoms with van der Waals surface area (Å²) in [7, 11) is 0. The molecule has 0 aliphatic rings. The van der Waals surface area contributed by atoms with Gasteiger partial charge >= 0.3 is 0 Å². The summed E-state index contributed by atoms with van der Waals surface area (Å²) in [4.78, 5) is 32.4. The molecule has 0 unspecified atom stereocenters. The van der Waals surface area contributed by atoms with E-state index in [9.17, 15) is 4.79 Å². The van der Waals surface area contributed by atoms with Crippen molar-refractivity contribution in [1.29, 1.82) is 0 Å². The maximum Gasteiger partial charge on any atom is 0.224 e. The van der Waals surface area contributed by atoms with Crippen LogP contribution < -0.4 is 5.32 Å². The van der Waals surface area contributed by atoms with E-state index >= 15 is 4.39 Å². The van der Waals surface area contributed by atoms with Crippen molar-refractivity contribution in [3.8, 4) is 28.3 Å². The zero-order chi connectivity index (χ0) is 24.8. The number of pyridine rings is 2. The van der Waals surface area contributed by atoms with Crippen LogP contribution in [0.2, 0.25) is 0 Å². The van der Waals surface area contributed by atoms with Gasteiger partial charge in [-0.05, 0) is 31.2 Å². The van der Waals surface area contributed by atoms with Crippen molar-refractivity contribution >= 4 is 33.7 Å². The van der Waals surface area contributed by atoms with Crippen molar-refractivity contribution in [1.82, 2.24) is 39.7 Å². The highest BCUT2D eigenvalue weighted by Gasteiger charge is 2.21. The number of halogens is 1. The molecule has 0 spiro atoms. The third-order valence-electron chi connectivity index (χ3n) is 5.91. The molecule has 0 atom stereocenters. The number of amides is 1. The molecule has 178 valence electrons. The lowest BCUT2D eigenvalue weighted by Crippen LogP contribution is -2.09. The SMILES string of the molecule is CCC(=O)Nc1cncc(-c2ccc3[nH]nc(-c4nc5nccc(-n6cnc(C)c6)c5[nH]4)c3c2F)c1.